The van der Waals surface area contributed by atoms with E-state index in [0.717, 1.165) is 12.8 Å². The lowest BCUT2D eigenvalue weighted by molar-refractivity contribution is -0.159. The molecule has 2 aromatic rings. The van der Waals surface area contributed by atoms with Crippen LogP contribution in [0.2, 0.25) is 0 Å². The highest BCUT2D eigenvalue weighted by Crippen LogP contribution is 2.49. The van der Waals surface area contributed by atoms with Crippen molar-refractivity contribution >= 4 is 89.6 Å². The Morgan fingerprint density at radius 1 is 0.569 bits per heavy atom. The van der Waals surface area contributed by atoms with Crippen LogP contribution in [0, 0.1) is 35.3 Å². The summed E-state index contributed by atoms with van der Waals surface area (Å²) in [7, 11) is -11.0. The van der Waals surface area contributed by atoms with Gasteiger partial charge in [-0.2, -0.15) is 0 Å². The molecule has 6 heterocycles. The number of nitrogens with zero attached hydrogens (tertiary/aromatic N) is 4. The number of amides is 8. The first-order valence-corrected chi connectivity index (χ1v) is 42.0. The lowest BCUT2D eigenvalue weighted by Gasteiger charge is -2.30. The van der Waals surface area contributed by atoms with Gasteiger partial charge in [-0.25, -0.2) is 48.8 Å². The lowest BCUT2D eigenvalue weighted by Crippen LogP contribution is -2.57. The molecule has 13 rings (SSSR count). The van der Waals surface area contributed by atoms with Crippen LogP contribution in [0.5, 0.6) is 0 Å². The Hall–Kier alpha value is -7.93. The van der Waals surface area contributed by atoms with E-state index < -0.39 is 176 Å². The van der Waals surface area contributed by atoms with Crippen LogP contribution in [0.3, 0.4) is 0 Å². The fraction of sp³-hybridized carbons (Fsp3) is 0.671. The van der Waals surface area contributed by atoms with E-state index in [9.17, 15) is 82.0 Å². The standard InChI is InChI=1S/C35H47FN4O10S.C35H45FN4O10S.C3H7NO2S/c2*1-34(2,3)50-29(41)15-21-8-5-13-48-14-6-9-23-17-35(23,32(44)38-51(46,47)25-11-12-25)37-30(42)28-16-24(19-40(28)31(21)43)49-33(45)39-18-22-7-4-10-27(36)26(22)20-39;4-7(5,6)3-1-2-3/h4,7,10,21,23-25,28H,5-6,8-9,11-20H2,1-3H3,(H,37,42)(H,38,44);4,6-7,9-10,21,23-25,28H,5,8,11-20H2,1-3H3,(H,37,42)(H,38,44);3H,1-2H2,(H2,4,5,6)/b;9-6-;/t2*21-,23-,24-,28+,35-;/m11./s1. The number of fused-ring (bicyclic) bond motifs is 6. The molecule has 36 heteroatoms. The van der Waals surface area contributed by atoms with E-state index in [1.54, 1.807) is 78.0 Å². The minimum Gasteiger partial charge on any atom is -0.460 e. The number of halogens is 2. The Morgan fingerprint density at radius 2 is 0.991 bits per heavy atom. The topological polar surface area (TPSA) is 416 Å². The molecule has 0 bridgehead atoms. The van der Waals surface area contributed by atoms with Gasteiger partial charge in [-0.15, -0.1) is 0 Å². The number of primary sulfonamides is 1. The number of sulfonamides is 3. The number of nitrogens with one attached hydrogen (secondary N) is 4. The van der Waals surface area contributed by atoms with Crippen LogP contribution in [0.4, 0.5) is 18.4 Å². The number of rotatable bonds is 13. The number of hydrogen-bond donors (Lipinski definition) is 5. The SMILES string of the molecule is CC(C)(C)OC(=O)C[C@H]1CCCOC/C=C\[C@@H]2C[C@@]2(C(=O)NS(=O)(=O)C2CC2)NC(=O)[C@@H]2C[C@@H](OC(=O)N3Cc4cccc(F)c4C3)CN2C1=O.CC(C)(C)OC(=O)C[C@H]1CCCOCCC[C@@H]2C[C@@]2(C(=O)NS(=O)(=O)C2CC2)NC(=O)[C@@H]2C[C@@H](OC(=O)N3Cc4cccc(F)c4C3)CN2C1=O.NS(=O)(=O)C1CC1. The number of hydrogen-bond acceptors (Lipinski definition) is 22. The molecule has 600 valence electrons. The number of nitrogens with two attached hydrogens (primary N) is 1. The van der Waals surface area contributed by atoms with Crippen molar-refractivity contribution in [1.82, 2.24) is 39.7 Å². The Morgan fingerprint density at radius 3 is 1.40 bits per heavy atom. The number of esters is 2. The molecule has 6 N–H and O–H groups in total. The monoisotopic (exact) mass is 1590 g/mol. The maximum absolute atomic E-state index is 14.4. The largest absolute Gasteiger partial charge is 0.460 e. The zero-order valence-corrected chi connectivity index (χ0v) is 64.5. The molecule has 2 aromatic carbocycles. The third kappa shape index (κ3) is 20.8. The van der Waals surface area contributed by atoms with Crippen LogP contribution in [-0.4, -0.2) is 206 Å². The highest BCUT2D eigenvalue weighted by molar-refractivity contribution is 7.91. The quantitative estimate of drug-likeness (QED) is 0.104. The minimum absolute atomic E-state index is 0.00291. The molecule has 31 nitrogen and oxygen atoms in total. The molecular formula is C73H99F2N9O22S3. The first-order valence-electron chi connectivity index (χ1n) is 37.3. The molecule has 8 amide bonds. The van der Waals surface area contributed by atoms with Gasteiger partial charge < -0.3 is 48.9 Å². The smallest absolute Gasteiger partial charge is 0.410 e. The number of benzene rings is 2. The number of carbonyl (C=O) groups is 10. The summed E-state index contributed by atoms with van der Waals surface area (Å²) in [6, 6.07) is 6.78. The third-order valence-corrected chi connectivity index (χ3v) is 26.1. The van der Waals surface area contributed by atoms with Crippen LogP contribution in [0.25, 0.3) is 0 Å². The number of ether oxygens (including phenoxy) is 6. The summed E-state index contributed by atoms with van der Waals surface area (Å²) in [6.45, 7) is 11.3. The summed E-state index contributed by atoms with van der Waals surface area (Å²) in [5, 5.41) is 8.76. The van der Waals surface area contributed by atoms with E-state index in [2.05, 4.69) is 20.1 Å². The second-order valence-corrected chi connectivity index (χ2v) is 38.0. The normalized spacial score (nSPS) is 28.4. The predicted octanol–water partition coefficient (Wildman–Crippen LogP) is 4.55. The average Bonchev–Trinajstić information content (AvgIpc) is 1.58. The van der Waals surface area contributed by atoms with E-state index >= 15 is 0 Å². The van der Waals surface area contributed by atoms with Gasteiger partial charge in [0.2, 0.25) is 53.7 Å². The third-order valence-electron chi connectivity index (χ3n) is 21.1. The van der Waals surface area contributed by atoms with Gasteiger partial charge in [0.25, 0.3) is 11.8 Å². The highest BCUT2D eigenvalue weighted by Gasteiger charge is 2.64. The van der Waals surface area contributed by atoms with Crippen molar-refractivity contribution in [2.45, 2.75) is 246 Å². The molecular weight excluding hydrogens is 1490 g/mol. The van der Waals surface area contributed by atoms with E-state index in [4.69, 9.17) is 33.6 Å². The molecule has 109 heavy (non-hydrogen) atoms. The van der Waals surface area contributed by atoms with Crippen molar-refractivity contribution < 1.29 is 110 Å². The van der Waals surface area contributed by atoms with Gasteiger partial charge >= 0.3 is 24.1 Å². The van der Waals surface area contributed by atoms with Gasteiger partial charge in [-0.1, -0.05) is 36.4 Å². The first-order chi connectivity index (χ1) is 51.2. The Kier molecular flexibility index (Phi) is 24.7. The minimum atomic E-state index is -3.94. The lowest BCUT2D eigenvalue weighted by atomic mass is 9.97. The Bertz CT molecular complexity index is 4260. The van der Waals surface area contributed by atoms with Gasteiger partial charge in [0.1, 0.15) is 58.2 Å². The zero-order chi connectivity index (χ0) is 78.9. The first kappa shape index (κ1) is 82.0. The van der Waals surface area contributed by atoms with Gasteiger partial charge in [0.05, 0.1) is 61.4 Å². The second-order valence-electron chi connectivity index (χ2n) is 32.3. The molecule has 5 saturated carbocycles. The number of carbonyl (C=O) groups excluding carboxylic acids is 10. The van der Waals surface area contributed by atoms with Crippen LogP contribution >= 0.6 is 0 Å². The summed E-state index contributed by atoms with van der Waals surface area (Å²) >= 11 is 0. The summed E-state index contributed by atoms with van der Waals surface area (Å²) in [4.78, 5) is 142. The van der Waals surface area contributed by atoms with Crippen LogP contribution in [0.15, 0.2) is 48.6 Å². The molecule has 3 saturated heterocycles. The fourth-order valence-corrected chi connectivity index (χ4v) is 18.3. The molecule has 5 aliphatic carbocycles. The summed E-state index contributed by atoms with van der Waals surface area (Å²) in [6.07, 6.45) is 5.30. The van der Waals surface area contributed by atoms with E-state index in [-0.39, 0.29) is 115 Å². The summed E-state index contributed by atoms with van der Waals surface area (Å²) in [5.41, 5.74) is -2.62. The fourth-order valence-electron chi connectivity index (χ4n) is 14.8. The van der Waals surface area contributed by atoms with E-state index in [1.165, 1.54) is 31.7 Å². The summed E-state index contributed by atoms with van der Waals surface area (Å²) < 4.78 is 139. The van der Waals surface area contributed by atoms with Crippen molar-refractivity contribution in [2.75, 3.05) is 39.5 Å². The Labute approximate surface area is 632 Å². The Balaban J connectivity index is 0.000000198. The van der Waals surface area contributed by atoms with Crippen molar-refractivity contribution in [1.29, 1.82) is 0 Å². The molecule has 0 unspecified atom stereocenters. The van der Waals surface area contributed by atoms with Gasteiger partial charge in [-0.05, 0) is 161 Å². The van der Waals surface area contributed by atoms with Crippen molar-refractivity contribution in [3.05, 3.63) is 82.4 Å². The van der Waals surface area contributed by atoms with Gasteiger partial charge in [0.15, 0.2) is 0 Å². The maximum atomic E-state index is 14.4. The second kappa shape index (κ2) is 32.8. The molecule has 6 aliphatic heterocycles. The van der Waals surface area contributed by atoms with E-state index in [1.807, 2.05) is 0 Å². The molecule has 8 fully saturated rings. The maximum Gasteiger partial charge on any atom is 0.410 e. The molecule has 11 aliphatic rings. The average molecular weight is 1590 g/mol. The van der Waals surface area contributed by atoms with Gasteiger partial charge in [-0.3, -0.25) is 57.6 Å². The highest BCUT2D eigenvalue weighted by atomic mass is 32.2. The van der Waals surface area contributed by atoms with E-state index in [0.29, 0.717) is 86.8 Å². The molecule has 0 spiro atoms. The van der Waals surface area contributed by atoms with Crippen LogP contribution in [-0.2, 0) is 123 Å². The van der Waals surface area contributed by atoms with Crippen LogP contribution in [0.1, 0.15) is 179 Å². The predicted molar refractivity (Wildman–Crippen MR) is 383 cm³/mol. The van der Waals surface area contributed by atoms with Crippen molar-refractivity contribution in [2.24, 2.45) is 28.8 Å². The van der Waals surface area contributed by atoms with Crippen molar-refractivity contribution in [3.8, 4) is 0 Å². The molecule has 10 atom stereocenters. The zero-order valence-electron chi connectivity index (χ0n) is 62.1. The molecule has 0 aromatic heterocycles. The van der Waals surface area contributed by atoms with Gasteiger partial charge in [0, 0.05) is 74.6 Å². The van der Waals surface area contributed by atoms with Crippen LogP contribution < -0.4 is 25.2 Å². The molecule has 0 radical (unpaired) electrons. The summed E-state index contributed by atoms with van der Waals surface area (Å²) in [5.74, 6) is -8.91. The van der Waals surface area contributed by atoms with Crippen molar-refractivity contribution in [3.63, 3.8) is 0 Å².